The maximum absolute atomic E-state index is 12.8. The van der Waals surface area contributed by atoms with Crippen molar-refractivity contribution in [1.29, 1.82) is 0 Å². The van der Waals surface area contributed by atoms with Crippen LogP contribution in [-0.4, -0.2) is 34.1 Å². The van der Waals surface area contributed by atoms with Gasteiger partial charge in [0.15, 0.2) is 6.61 Å². The van der Waals surface area contributed by atoms with Crippen LogP contribution in [0.4, 0.5) is 0 Å². The Bertz CT molecular complexity index is 928. The first-order valence-corrected chi connectivity index (χ1v) is 9.65. The number of hydrogen-bond acceptors (Lipinski definition) is 5. The van der Waals surface area contributed by atoms with Gasteiger partial charge in [0.1, 0.15) is 11.8 Å². The van der Waals surface area contributed by atoms with Crippen LogP contribution >= 0.6 is 11.6 Å². The molecule has 7 heteroatoms. The van der Waals surface area contributed by atoms with Gasteiger partial charge in [-0.25, -0.2) is 0 Å². The summed E-state index contributed by atoms with van der Waals surface area (Å²) in [5.74, 6) is 1.51. The van der Waals surface area contributed by atoms with Gasteiger partial charge < -0.3 is 14.2 Å². The fourth-order valence-electron chi connectivity index (χ4n) is 3.32. The maximum atomic E-state index is 12.8. The zero-order valence-corrected chi connectivity index (χ0v) is 16.0. The summed E-state index contributed by atoms with van der Waals surface area (Å²) in [7, 11) is 0. The first-order valence-electron chi connectivity index (χ1n) is 9.27. The van der Waals surface area contributed by atoms with E-state index in [-0.39, 0.29) is 18.6 Å². The number of carbonyl (C=O) groups excluding carboxylic acids is 1. The largest absolute Gasteiger partial charge is 0.484 e. The first kappa shape index (κ1) is 18.5. The molecule has 3 aromatic rings. The summed E-state index contributed by atoms with van der Waals surface area (Å²) in [6.07, 6.45) is 2.75. The fraction of sp³-hybridized carbons (Fsp3) is 0.286. The van der Waals surface area contributed by atoms with E-state index in [0.29, 0.717) is 29.0 Å². The van der Waals surface area contributed by atoms with Crippen molar-refractivity contribution in [3.8, 4) is 17.1 Å². The Morgan fingerprint density at radius 3 is 2.71 bits per heavy atom. The quantitative estimate of drug-likeness (QED) is 0.633. The number of halogens is 1. The molecule has 0 saturated carbocycles. The van der Waals surface area contributed by atoms with Crippen molar-refractivity contribution in [2.45, 2.75) is 25.3 Å². The number of rotatable bonds is 5. The summed E-state index contributed by atoms with van der Waals surface area (Å²) < 4.78 is 11.1. The normalized spacial score (nSPS) is 16.8. The molecule has 4 rings (SSSR count). The van der Waals surface area contributed by atoms with Gasteiger partial charge in [0.2, 0.25) is 11.7 Å². The van der Waals surface area contributed by atoms with Gasteiger partial charge in [-0.1, -0.05) is 47.1 Å². The molecule has 1 atom stereocenters. The molecule has 1 saturated heterocycles. The Kier molecular flexibility index (Phi) is 5.58. The summed E-state index contributed by atoms with van der Waals surface area (Å²) in [4.78, 5) is 19.1. The Balaban J connectivity index is 1.46. The van der Waals surface area contributed by atoms with E-state index in [4.69, 9.17) is 20.9 Å². The summed E-state index contributed by atoms with van der Waals surface area (Å²) in [5.41, 5.74) is 0.886. The number of likely N-dealkylation sites (tertiary alicyclic amines) is 1. The number of ether oxygens (including phenoxy) is 1. The van der Waals surface area contributed by atoms with Gasteiger partial charge in [0, 0.05) is 17.1 Å². The van der Waals surface area contributed by atoms with Crippen LogP contribution in [0.15, 0.2) is 59.1 Å². The summed E-state index contributed by atoms with van der Waals surface area (Å²) in [6.45, 7) is 0.605. The van der Waals surface area contributed by atoms with E-state index in [2.05, 4.69) is 10.1 Å². The molecular weight excluding hydrogens is 378 g/mol. The molecule has 6 nitrogen and oxygen atoms in total. The lowest BCUT2D eigenvalue weighted by molar-refractivity contribution is -0.138. The van der Waals surface area contributed by atoms with E-state index < -0.39 is 0 Å². The second kappa shape index (κ2) is 8.44. The van der Waals surface area contributed by atoms with Crippen LogP contribution in [0.25, 0.3) is 11.4 Å². The lowest BCUT2D eigenvalue weighted by atomic mass is 10.0. The smallest absolute Gasteiger partial charge is 0.261 e. The van der Waals surface area contributed by atoms with Crippen LogP contribution in [0, 0.1) is 0 Å². The second-order valence-corrected chi connectivity index (χ2v) is 7.10. The minimum absolute atomic E-state index is 0.0438. The average Bonchev–Trinajstić information content (AvgIpc) is 3.24. The van der Waals surface area contributed by atoms with Crippen molar-refractivity contribution in [2.75, 3.05) is 13.2 Å². The van der Waals surface area contributed by atoms with E-state index in [0.717, 1.165) is 24.8 Å². The van der Waals surface area contributed by atoms with Gasteiger partial charge >= 0.3 is 0 Å². The fourth-order valence-corrected chi connectivity index (χ4v) is 3.45. The highest BCUT2D eigenvalue weighted by Crippen LogP contribution is 2.31. The standard InChI is InChI=1S/C21H20ClN3O3/c22-16-9-11-17(12-10-16)27-14-19(26)25-13-5-4-8-18(25)21-23-20(24-28-21)15-6-2-1-3-7-15/h1-3,6-7,9-12,18H,4-5,8,13-14H2. The molecule has 1 aromatic heterocycles. The van der Waals surface area contributed by atoms with Gasteiger partial charge in [-0.3, -0.25) is 4.79 Å². The molecule has 1 aliphatic heterocycles. The molecule has 0 spiro atoms. The molecule has 28 heavy (non-hydrogen) atoms. The minimum atomic E-state index is -0.222. The topological polar surface area (TPSA) is 68.5 Å². The Morgan fingerprint density at radius 1 is 1.14 bits per heavy atom. The molecule has 144 valence electrons. The van der Waals surface area contributed by atoms with Crippen molar-refractivity contribution in [3.63, 3.8) is 0 Å². The van der Waals surface area contributed by atoms with E-state index >= 15 is 0 Å². The third-order valence-electron chi connectivity index (χ3n) is 4.76. The number of aromatic nitrogens is 2. The van der Waals surface area contributed by atoms with Crippen LogP contribution < -0.4 is 4.74 Å². The van der Waals surface area contributed by atoms with E-state index in [1.54, 1.807) is 29.2 Å². The third-order valence-corrected chi connectivity index (χ3v) is 5.01. The van der Waals surface area contributed by atoms with E-state index in [1.165, 1.54) is 0 Å². The number of carbonyl (C=O) groups is 1. The summed E-state index contributed by atoms with van der Waals surface area (Å²) >= 11 is 5.88. The monoisotopic (exact) mass is 397 g/mol. The Morgan fingerprint density at radius 2 is 1.93 bits per heavy atom. The zero-order valence-electron chi connectivity index (χ0n) is 15.3. The minimum Gasteiger partial charge on any atom is -0.484 e. The molecule has 0 bridgehead atoms. The number of benzene rings is 2. The molecule has 0 aliphatic carbocycles. The van der Waals surface area contributed by atoms with Crippen molar-refractivity contribution >= 4 is 17.5 Å². The van der Waals surface area contributed by atoms with Crippen molar-refractivity contribution in [3.05, 3.63) is 65.5 Å². The number of amides is 1. The van der Waals surface area contributed by atoms with Crippen LogP contribution in [0.5, 0.6) is 5.75 Å². The van der Waals surface area contributed by atoms with Gasteiger partial charge in [-0.2, -0.15) is 4.98 Å². The summed E-state index contributed by atoms with van der Waals surface area (Å²) in [5, 5.41) is 4.71. The zero-order chi connectivity index (χ0) is 19.3. The Labute approximate surface area is 168 Å². The van der Waals surface area contributed by atoms with Crippen LogP contribution in [-0.2, 0) is 4.79 Å². The van der Waals surface area contributed by atoms with Crippen LogP contribution in [0.1, 0.15) is 31.2 Å². The van der Waals surface area contributed by atoms with Gasteiger partial charge in [-0.15, -0.1) is 0 Å². The lowest BCUT2D eigenvalue weighted by Gasteiger charge is -2.33. The highest BCUT2D eigenvalue weighted by atomic mass is 35.5. The molecule has 0 radical (unpaired) electrons. The molecule has 2 aromatic carbocycles. The predicted molar refractivity (Wildman–Crippen MR) is 105 cm³/mol. The van der Waals surface area contributed by atoms with Crippen LogP contribution in [0.2, 0.25) is 5.02 Å². The molecule has 2 heterocycles. The molecule has 1 unspecified atom stereocenters. The predicted octanol–water partition coefficient (Wildman–Crippen LogP) is 4.52. The van der Waals surface area contributed by atoms with Crippen LogP contribution in [0.3, 0.4) is 0 Å². The van der Waals surface area contributed by atoms with E-state index in [1.807, 2.05) is 30.3 Å². The average molecular weight is 398 g/mol. The number of nitrogens with zero attached hydrogens (tertiary/aromatic N) is 3. The summed E-state index contributed by atoms with van der Waals surface area (Å²) in [6, 6.07) is 16.4. The first-order chi connectivity index (χ1) is 13.7. The maximum Gasteiger partial charge on any atom is 0.261 e. The van der Waals surface area contributed by atoms with Gasteiger partial charge in [-0.05, 0) is 43.5 Å². The second-order valence-electron chi connectivity index (χ2n) is 6.66. The van der Waals surface area contributed by atoms with Crippen molar-refractivity contribution < 1.29 is 14.1 Å². The van der Waals surface area contributed by atoms with Gasteiger partial charge in [0.25, 0.3) is 5.91 Å². The molecule has 1 amide bonds. The highest BCUT2D eigenvalue weighted by molar-refractivity contribution is 6.30. The van der Waals surface area contributed by atoms with Gasteiger partial charge in [0.05, 0.1) is 0 Å². The lowest BCUT2D eigenvalue weighted by Crippen LogP contribution is -2.41. The molecular formula is C21H20ClN3O3. The van der Waals surface area contributed by atoms with Crippen molar-refractivity contribution in [1.82, 2.24) is 15.0 Å². The molecule has 1 aliphatic rings. The highest BCUT2D eigenvalue weighted by Gasteiger charge is 2.32. The Hall–Kier alpha value is -2.86. The van der Waals surface area contributed by atoms with Crippen molar-refractivity contribution in [2.24, 2.45) is 0 Å². The molecule has 1 fully saturated rings. The number of hydrogen-bond donors (Lipinski definition) is 0. The molecule has 0 N–H and O–H groups in total. The third kappa shape index (κ3) is 4.17. The number of piperidine rings is 1. The van der Waals surface area contributed by atoms with E-state index in [9.17, 15) is 4.79 Å². The SMILES string of the molecule is O=C(COc1ccc(Cl)cc1)N1CCCCC1c1nc(-c2ccccc2)no1.